The van der Waals surface area contributed by atoms with Gasteiger partial charge in [0.25, 0.3) is 0 Å². The summed E-state index contributed by atoms with van der Waals surface area (Å²) in [6, 6.07) is 6.36. The summed E-state index contributed by atoms with van der Waals surface area (Å²) in [5.41, 5.74) is 6.23. The maximum Gasteiger partial charge on any atom is 0.242 e. The summed E-state index contributed by atoms with van der Waals surface area (Å²) in [6.07, 6.45) is 0. The second kappa shape index (κ2) is 7.02. The second-order valence-corrected chi connectivity index (χ2v) is 7.38. The van der Waals surface area contributed by atoms with Gasteiger partial charge < -0.3 is 11.1 Å². The molecule has 0 aromatic heterocycles. The largest absolute Gasteiger partial charge is 0.352 e. The first-order valence-corrected chi connectivity index (χ1v) is 8.15. The molecule has 0 aliphatic rings. The number of sulfonamides is 1. The Morgan fingerprint density at radius 2 is 1.86 bits per heavy atom. The SMILES string of the molecule is CC(N)C(C)C(=O)NCc1ccccc1S(=O)(=O)N(C)C. The normalized spacial score (nSPS) is 14.8. The van der Waals surface area contributed by atoms with E-state index in [9.17, 15) is 13.2 Å². The predicted molar refractivity (Wildman–Crippen MR) is 82.0 cm³/mol. The van der Waals surface area contributed by atoms with Crippen LogP contribution in [-0.2, 0) is 21.4 Å². The van der Waals surface area contributed by atoms with Crippen LogP contribution in [0, 0.1) is 5.92 Å². The molecular formula is C14H23N3O3S. The Hall–Kier alpha value is -1.44. The molecule has 1 amide bonds. The van der Waals surface area contributed by atoms with E-state index in [2.05, 4.69) is 5.32 Å². The standard InChI is InChI=1S/C14H23N3O3S/c1-10(11(2)15)14(18)16-9-12-7-5-6-8-13(12)21(19,20)17(3)4/h5-8,10-11H,9,15H2,1-4H3,(H,16,18). The zero-order chi connectivity index (χ0) is 16.2. The Bertz CT molecular complexity index is 597. The van der Waals surface area contributed by atoms with Gasteiger partial charge in [-0.25, -0.2) is 12.7 Å². The lowest BCUT2D eigenvalue weighted by Crippen LogP contribution is -2.38. The van der Waals surface area contributed by atoms with Crippen molar-refractivity contribution in [2.24, 2.45) is 11.7 Å². The van der Waals surface area contributed by atoms with Crippen LogP contribution in [0.3, 0.4) is 0 Å². The van der Waals surface area contributed by atoms with Crippen LogP contribution in [0.15, 0.2) is 29.2 Å². The smallest absolute Gasteiger partial charge is 0.242 e. The third-order valence-electron chi connectivity index (χ3n) is 3.39. The molecule has 0 saturated carbocycles. The quantitative estimate of drug-likeness (QED) is 0.801. The van der Waals surface area contributed by atoms with Crippen molar-refractivity contribution in [3.05, 3.63) is 29.8 Å². The van der Waals surface area contributed by atoms with Crippen molar-refractivity contribution in [3.8, 4) is 0 Å². The molecular weight excluding hydrogens is 290 g/mol. The van der Waals surface area contributed by atoms with E-state index >= 15 is 0 Å². The van der Waals surface area contributed by atoms with E-state index in [0.717, 1.165) is 4.31 Å². The minimum absolute atomic E-state index is 0.152. The van der Waals surface area contributed by atoms with Crippen molar-refractivity contribution in [2.75, 3.05) is 14.1 Å². The van der Waals surface area contributed by atoms with Crippen LogP contribution < -0.4 is 11.1 Å². The number of hydrogen-bond acceptors (Lipinski definition) is 4. The molecule has 6 nitrogen and oxygen atoms in total. The number of carbonyl (C=O) groups is 1. The first-order valence-electron chi connectivity index (χ1n) is 6.71. The first-order chi connectivity index (χ1) is 9.67. The molecule has 0 fully saturated rings. The summed E-state index contributed by atoms with van der Waals surface area (Å²) in [4.78, 5) is 12.1. The van der Waals surface area contributed by atoms with Gasteiger partial charge in [0, 0.05) is 32.6 Å². The van der Waals surface area contributed by atoms with Crippen LogP contribution in [0.4, 0.5) is 0 Å². The Labute approximate surface area is 126 Å². The molecule has 0 heterocycles. The van der Waals surface area contributed by atoms with Crippen molar-refractivity contribution >= 4 is 15.9 Å². The fourth-order valence-electron chi connectivity index (χ4n) is 1.68. The fraction of sp³-hybridized carbons (Fsp3) is 0.500. The van der Waals surface area contributed by atoms with Crippen LogP contribution >= 0.6 is 0 Å². The number of nitrogens with zero attached hydrogens (tertiary/aromatic N) is 1. The number of carbonyl (C=O) groups excluding carboxylic acids is 1. The highest BCUT2D eigenvalue weighted by atomic mass is 32.2. The lowest BCUT2D eigenvalue weighted by atomic mass is 10.0. The van der Waals surface area contributed by atoms with Crippen LogP contribution in [0.2, 0.25) is 0 Å². The van der Waals surface area contributed by atoms with Gasteiger partial charge in [0.1, 0.15) is 0 Å². The molecule has 0 spiro atoms. The van der Waals surface area contributed by atoms with Crippen LogP contribution in [0.25, 0.3) is 0 Å². The summed E-state index contributed by atoms with van der Waals surface area (Å²) in [5.74, 6) is -0.523. The summed E-state index contributed by atoms with van der Waals surface area (Å²) in [6.45, 7) is 3.65. The van der Waals surface area contributed by atoms with E-state index in [1.807, 2.05) is 0 Å². The van der Waals surface area contributed by atoms with Crippen molar-refractivity contribution in [1.29, 1.82) is 0 Å². The highest BCUT2D eigenvalue weighted by Crippen LogP contribution is 2.18. The van der Waals surface area contributed by atoms with Gasteiger partial charge in [0.15, 0.2) is 0 Å². The second-order valence-electron chi connectivity index (χ2n) is 5.26. The molecule has 3 N–H and O–H groups in total. The molecule has 0 aliphatic carbocycles. The molecule has 1 aromatic carbocycles. The fourth-order valence-corrected chi connectivity index (χ4v) is 2.80. The number of rotatable bonds is 6. The van der Waals surface area contributed by atoms with Gasteiger partial charge in [-0.1, -0.05) is 25.1 Å². The van der Waals surface area contributed by atoms with Gasteiger partial charge in [0.05, 0.1) is 4.90 Å². The molecule has 118 valence electrons. The maximum atomic E-state index is 12.2. The van der Waals surface area contributed by atoms with E-state index in [0.29, 0.717) is 5.56 Å². The Morgan fingerprint density at radius 3 is 2.38 bits per heavy atom. The van der Waals surface area contributed by atoms with E-state index in [1.54, 1.807) is 32.0 Å². The number of hydrogen-bond donors (Lipinski definition) is 2. The molecule has 21 heavy (non-hydrogen) atoms. The minimum Gasteiger partial charge on any atom is -0.352 e. The van der Waals surface area contributed by atoms with E-state index in [-0.39, 0.29) is 29.3 Å². The third-order valence-corrected chi connectivity index (χ3v) is 5.30. The van der Waals surface area contributed by atoms with Crippen LogP contribution in [0.1, 0.15) is 19.4 Å². The van der Waals surface area contributed by atoms with Crippen LogP contribution in [0.5, 0.6) is 0 Å². The van der Waals surface area contributed by atoms with Crippen molar-refractivity contribution in [2.45, 2.75) is 31.3 Å². The van der Waals surface area contributed by atoms with Gasteiger partial charge in [-0.3, -0.25) is 4.79 Å². The molecule has 7 heteroatoms. The average Bonchev–Trinajstić information content (AvgIpc) is 2.43. The highest BCUT2D eigenvalue weighted by Gasteiger charge is 2.22. The van der Waals surface area contributed by atoms with E-state index < -0.39 is 10.0 Å². The van der Waals surface area contributed by atoms with E-state index in [4.69, 9.17) is 5.73 Å². The molecule has 0 radical (unpaired) electrons. The van der Waals surface area contributed by atoms with Crippen molar-refractivity contribution < 1.29 is 13.2 Å². The molecule has 2 atom stereocenters. The van der Waals surface area contributed by atoms with Gasteiger partial charge in [0.2, 0.25) is 15.9 Å². The molecule has 0 saturated heterocycles. The molecule has 1 rings (SSSR count). The van der Waals surface area contributed by atoms with Gasteiger partial charge in [-0.15, -0.1) is 0 Å². The Balaban J connectivity index is 2.94. The number of benzene rings is 1. The van der Waals surface area contributed by atoms with Gasteiger partial charge in [-0.2, -0.15) is 0 Å². The number of nitrogens with one attached hydrogen (secondary N) is 1. The maximum absolute atomic E-state index is 12.2. The zero-order valence-electron chi connectivity index (χ0n) is 12.8. The number of amides is 1. The van der Waals surface area contributed by atoms with Crippen LogP contribution in [-0.4, -0.2) is 38.8 Å². The minimum atomic E-state index is -3.53. The van der Waals surface area contributed by atoms with Gasteiger partial charge in [-0.05, 0) is 18.6 Å². The Morgan fingerprint density at radius 1 is 1.29 bits per heavy atom. The summed E-state index contributed by atoms with van der Waals surface area (Å²) in [7, 11) is -0.585. The molecule has 0 bridgehead atoms. The van der Waals surface area contributed by atoms with Crippen molar-refractivity contribution in [3.63, 3.8) is 0 Å². The highest BCUT2D eigenvalue weighted by molar-refractivity contribution is 7.89. The predicted octanol–water partition coefficient (Wildman–Crippen LogP) is 0.536. The monoisotopic (exact) mass is 313 g/mol. The van der Waals surface area contributed by atoms with Crippen molar-refractivity contribution in [1.82, 2.24) is 9.62 Å². The molecule has 2 unspecified atom stereocenters. The number of nitrogens with two attached hydrogens (primary N) is 1. The van der Waals surface area contributed by atoms with E-state index in [1.165, 1.54) is 20.2 Å². The zero-order valence-corrected chi connectivity index (χ0v) is 13.6. The topological polar surface area (TPSA) is 92.5 Å². The lowest BCUT2D eigenvalue weighted by molar-refractivity contribution is -0.125. The average molecular weight is 313 g/mol. The summed E-state index contributed by atoms with van der Waals surface area (Å²) < 4.78 is 25.6. The Kier molecular flexibility index (Phi) is 5.88. The van der Waals surface area contributed by atoms with Gasteiger partial charge >= 0.3 is 0 Å². The summed E-state index contributed by atoms with van der Waals surface area (Å²) >= 11 is 0. The first kappa shape index (κ1) is 17.6. The molecule has 1 aromatic rings. The summed E-state index contributed by atoms with van der Waals surface area (Å²) in [5, 5.41) is 2.73. The third kappa shape index (κ3) is 4.26. The molecule has 0 aliphatic heterocycles. The lowest BCUT2D eigenvalue weighted by Gasteiger charge is -2.18.